The Hall–Kier alpha value is -1.95. The minimum atomic E-state index is -0.350. The number of thioether (sulfide) groups is 1. The summed E-state index contributed by atoms with van der Waals surface area (Å²) in [6, 6.07) is 4.15. The van der Waals surface area contributed by atoms with E-state index in [9.17, 15) is 19.2 Å². The van der Waals surface area contributed by atoms with Gasteiger partial charge < -0.3 is 14.6 Å². The average molecular weight is 518 g/mol. The third kappa shape index (κ3) is 2.93. The largest absolute Gasteiger partial charge is 0.378 e. The SMILES string of the molecule is O=C(CN1C(=O)C2C3CC(C2C1=O)C1C3Sc2[nH]c(=O)sc2[C@@H]1c1cccs1)N1CCOCC1. The van der Waals surface area contributed by atoms with Crippen LogP contribution in [0.4, 0.5) is 0 Å². The van der Waals surface area contributed by atoms with Crippen LogP contribution in [-0.4, -0.2) is 70.6 Å². The van der Waals surface area contributed by atoms with E-state index in [-0.39, 0.29) is 69.9 Å². The molecule has 5 aliphatic rings. The van der Waals surface area contributed by atoms with Crippen LogP contribution in [0.5, 0.6) is 0 Å². The Bertz CT molecular complexity index is 1230. The second kappa shape index (κ2) is 7.78. The van der Waals surface area contributed by atoms with Crippen molar-refractivity contribution in [2.75, 3.05) is 32.8 Å². The van der Waals surface area contributed by atoms with Crippen LogP contribution in [-0.2, 0) is 19.1 Å². The van der Waals surface area contributed by atoms with Gasteiger partial charge in [0.25, 0.3) is 0 Å². The van der Waals surface area contributed by atoms with Crippen molar-refractivity contribution in [1.82, 2.24) is 14.8 Å². The fourth-order valence-corrected chi connectivity index (χ4v) is 10.9. The van der Waals surface area contributed by atoms with E-state index in [1.807, 2.05) is 6.07 Å². The maximum atomic E-state index is 13.6. The van der Waals surface area contributed by atoms with Gasteiger partial charge in [0.2, 0.25) is 17.7 Å². The monoisotopic (exact) mass is 517 g/mol. The predicted molar refractivity (Wildman–Crippen MR) is 127 cm³/mol. The summed E-state index contributed by atoms with van der Waals surface area (Å²) in [7, 11) is 0. The lowest BCUT2D eigenvalue weighted by Gasteiger charge is -2.42. The van der Waals surface area contributed by atoms with Crippen LogP contribution in [0.2, 0.25) is 0 Å². The average Bonchev–Trinajstić information content (AvgIpc) is 3.65. The van der Waals surface area contributed by atoms with E-state index >= 15 is 0 Å². The summed E-state index contributed by atoms with van der Waals surface area (Å²) in [5.74, 6) is -0.773. The molecule has 178 valence electrons. The first-order chi connectivity index (χ1) is 16.5. The number of rotatable bonds is 3. The van der Waals surface area contributed by atoms with Crippen LogP contribution in [0.25, 0.3) is 0 Å². The number of ether oxygens (including phenoxy) is 1. The highest BCUT2D eigenvalue weighted by Crippen LogP contribution is 2.68. The number of fused-ring (bicyclic) bond motifs is 9. The number of aromatic nitrogens is 1. The van der Waals surface area contributed by atoms with Crippen molar-refractivity contribution >= 4 is 52.2 Å². The third-order valence-electron chi connectivity index (χ3n) is 8.32. The zero-order chi connectivity index (χ0) is 23.1. The Morgan fingerprint density at radius 2 is 1.88 bits per heavy atom. The smallest absolute Gasteiger partial charge is 0.305 e. The number of carbonyl (C=O) groups is 3. The molecule has 3 amide bonds. The first-order valence-electron chi connectivity index (χ1n) is 11.7. The molecular weight excluding hydrogens is 494 g/mol. The molecule has 4 fully saturated rings. The molecule has 0 aromatic carbocycles. The topological polar surface area (TPSA) is 99.8 Å². The quantitative estimate of drug-likeness (QED) is 0.624. The second-order valence-electron chi connectivity index (χ2n) is 9.73. The molecule has 8 nitrogen and oxygen atoms in total. The van der Waals surface area contributed by atoms with E-state index in [0.717, 1.165) is 16.3 Å². The number of carbonyl (C=O) groups excluding carboxylic acids is 3. The normalized spacial score (nSPS) is 36.1. The van der Waals surface area contributed by atoms with Crippen molar-refractivity contribution in [3.8, 4) is 0 Å². The third-order valence-corrected chi connectivity index (χ3v) is 11.9. The Morgan fingerprint density at radius 1 is 1.12 bits per heavy atom. The number of morpholine rings is 1. The molecule has 34 heavy (non-hydrogen) atoms. The Labute approximate surface area is 207 Å². The minimum Gasteiger partial charge on any atom is -0.378 e. The summed E-state index contributed by atoms with van der Waals surface area (Å²) in [4.78, 5) is 60.3. The van der Waals surface area contributed by atoms with Gasteiger partial charge in [-0.15, -0.1) is 23.1 Å². The van der Waals surface area contributed by atoms with E-state index < -0.39 is 0 Å². The van der Waals surface area contributed by atoms with Crippen molar-refractivity contribution in [1.29, 1.82) is 0 Å². The molecule has 0 radical (unpaired) electrons. The maximum Gasteiger partial charge on any atom is 0.305 e. The van der Waals surface area contributed by atoms with E-state index in [0.29, 0.717) is 26.3 Å². The first kappa shape index (κ1) is 21.3. The Kier molecular flexibility index (Phi) is 4.88. The molecule has 6 unspecified atom stereocenters. The second-order valence-corrected chi connectivity index (χ2v) is 12.9. The number of nitrogens with zero attached hydrogens (tertiary/aromatic N) is 2. The van der Waals surface area contributed by atoms with Gasteiger partial charge in [-0.25, -0.2) is 0 Å². The number of amides is 3. The Balaban J connectivity index is 1.21. The van der Waals surface area contributed by atoms with Crippen molar-refractivity contribution in [3.63, 3.8) is 0 Å². The van der Waals surface area contributed by atoms with Gasteiger partial charge >= 0.3 is 4.87 Å². The fraction of sp³-hybridized carbons (Fsp3) is 0.565. The number of hydrogen-bond acceptors (Lipinski definition) is 8. The van der Waals surface area contributed by atoms with Crippen LogP contribution < -0.4 is 4.87 Å². The van der Waals surface area contributed by atoms with Gasteiger partial charge in [-0.2, -0.15) is 0 Å². The van der Waals surface area contributed by atoms with Crippen LogP contribution in [0.3, 0.4) is 0 Å². The molecule has 7 rings (SSSR count). The zero-order valence-electron chi connectivity index (χ0n) is 18.2. The molecule has 3 aliphatic heterocycles. The number of thiophene rings is 1. The number of likely N-dealkylation sites (tertiary alicyclic amines) is 1. The van der Waals surface area contributed by atoms with Gasteiger partial charge in [-0.1, -0.05) is 17.4 Å². The highest BCUT2D eigenvalue weighted by atomic mass is 32.2. The van der Waals surface area contributed by atoms with Crippen molar-refractivity contribution in [2.45, 2.75) is 22.6 Å². The standard InChI is InChI=1S/C23H23N3O5S3/c27-13(25-3-5-31-6-4-25)9-26-21(28)15-10-8-11(16(15)22(26)29)18-14(10)17(12-2-1-7-32-12)19-20(33-18)24-23(30)34-19/h1-2,7,10-11,14-18H,3-6,8-9H2,(H,24,30)/t10?,11?,14?,15?,16?,17-,18?/m1/s1. The number of H-pyrrole nitrogens is 1. The molecule has 5 heterocycles. The fourth-order valence-electron chi connectivity index (χ4n) is 7.07. The molecule has 2 aromatic heterocycles. The van der Waals surface area contributed by atoms with E-state index in [4.69, 9.17) is 4.74 Å². The molecule has 0 spiro atoms. The minimum absolute atomic E-state index is 0.0495. The van der Waals surface area contributed by atoms with Gasteiger partial charge in [0, 0.05) is 34.0 Å². The van der Waals surface area contributed by atoms with Gasteiger partial charge in [-0.05, 0) is 35.6 Å². The predicted octanol–water partition coefficient (Wildman–Crippen LogP) is 1.83. The first-order valence-corrected chi connectivity index (χ1v) is 14.2. The van der Waals surface area contributed by atoms with Crippen LogP contribution >= 0.6 is 34.4 Å². The van der Waals surface area contributed by atoms with Crippen LogP contribution in [0, 0.1) is 29.6 Å². The summed E-state index contributed by atoms with van der Waals surface area (Å²) in [5, 5.41) is 3.16. The lowest BCUT2D eigenvalue weighted by Crippen LogP contribution is -2.47. The summed E-state index contributed by atoms with van der Waals surface area (Å²) < 4.78 is 5.32. The van der Waals surface area contributed by atoms with Gasteiger partial charge in [0.05, 0.1) is 30.1 Å². The highest BCUT2D eigenvalue weighted by Gasteiger charge is 2.69. The zero-order valence-corrected chi connectivity index (χ0v) is 20.6. The van der Waals surface area contributed by atoms with Crippen molar-refractivity contribution in [3.05, 3.63) is 36.9 Å². The molecule has 2 bridgehead atoms. The summed E-state index contributed by atoms with van der Waals surface area (Å²) in [6.07, 6.45) is 0.863. The molecule has 11 heteroatoms. The van der Waals surface area contributed by atoms with Crippen LogP contribution in [0.15, 0.2) is 27.3 Å². The van der Waals surface area contributed by atoms with Gasteiger partial charge in [0.15, 0.2) is 0 Å². The molecular formula is C23H23N3O5S3. The van der Waals surface area contributed by atoms with Gasteiger partial charge in [0.1, 0.15) is 6.54 Å². The number of aromatic amines is 1. The number of thiazole rings is 1. The van der Waals surface area contributed by atoms with Crippen molar-refractivity contribution in [2.24, 2.45) is 29.6 Å². The summed E-state index contributed by atoms with van der Waals surface area (Å²) in [6.45, 7) is 1.80. The van der Waals surface area contributed by atoms with E-state index in [1.54, 1.807) is 28.0 Å². The maximum absolute atomic E-state index is 13.6. The molecule has 2 aliphatic carbocycles. The number of imide groups is 1. The summed E-state index contributed by atoms with van der Waals surface area (Å²) >= 11 is 4.66. The lowest BCUT2D eigenvalue weighted by atomic mass is 9.69. The van der Waals surface area contributed by atoms with E-state index in [1.165, 1.54) is 21.1 Å². The summed E-state index contributed by atoms with van der Waals surface area (Å²) in [5.41, 5.74) is 0. The highest BCUT2D eigenvalue weighted by molar-refractivity contribution is 8.00. The molecule has 2 saturated heterocycles. The molecule has 2 aromatic rings. The molecule has 2 saturated carbocycles. The molecule has 1 N–H and O–H groups in total. The van der Waals surface area contributed by atoms with Crippen molar-refractivity contribution < 1.29 is 19.1 Å². The van der Waals surface area contributed by atoms with Gasteiger partial charge in [-0.3, -0.25) is 24.1 Å². The Morgan fingerprint density at radius 3 is 2.62 bits per heavy atom. The lowest BCUT2D eigenvalue weighted by molar-refractivity contribution is -0.148. The van der Waals surface area contributed by atoms with Crippen LogP contribution in [0.1, 0.15) is 22.1 Å². The number of nitrogens with one attached hydrogen (secondary N) is 1. The number of hydrogen-bond donors (Lipinski definition) is 1. The van der Waals surface area contributed by atoms with E-state index in [2.05, 4.69) is 16.4 Å². The molecule has 7 atom stereocenters.